The predicted octanol–water partition coefficient (Wildman–Crippen LogP) is -2.58. The molecule has 2 fully saturated rings. The highest BCUT2D eigenvalue weighted by Crippen LogP contribution is 2.06. The minimum atomic E-state index is -0.476. The normalized spacial score (nSPS) is 20.5. The molecule has 2 saturated heterocycles. The molecular weight excluding hydrogens is 276 g/mol. The number of β-amino-alcohol motifs (C(OH)–C–C–N with tert-alkyl or cyclic N) is 1. The highest BCUT2D eigenvalue weighted by Gasteiger charge is 2.30. The average Bonchev–Trinajstić information content (AvgIpc) is 2.54. The van der Waals surface area contributed by atoms with Crippen LogP contribution in [0.2, 0.25) is 0 Å². The van der Waals surface area contributed by atoms with Gasteiger partial charge in [0.05, 0.1) is 6.61 Å². The molecule has 0 aromatic rings. The van der Waals surface area contributed by atoms with Gasteiger partial charge < -0.3 is 19.8 Å². The van der Waals surface area contributed by atoms with Gasteiger partial charge in [-0.1, -0.05) is 0 Å². The summed E-state index contributed by atoms with van der Waals surface area (Å²) in [7, 11) is 0. The lowest BCUT2D eigenvalue weighted by Gasteiger charge is -2.36. The van der Waals surface area contributed by atoms with Crippen LogP contribution in [0.5, 0.6) is 0 Å². The summed E-state index contributed by atoms with van der Waals surface area (Å²) in [5.74, 6) is -0.936. The molecule has 2 aliphatic rings. The molecule has 2 aliphatic heterocycles. The van der Waals surface area contributed by atoms with Crippen LogP contribution in [0.3, 0.4) is 0 Å². The third-order valence-corrected chi connectivity index (χ3v) is 4.01. The lowest BCUT2D eigenvalue weighted by atomic mass is 10.2. The Morgan fingerprint density at radius 2 is 1.33 bits per heavy atom. The molecule has 2 rings (SSSR count). The van der Waals surface area contributed by atoms with Crippen LogP contribution in [0.4, 0.5) is 0 Å². The largest absolute Gasteiger partial charge is 0.395 e. The average molecular weight is 298 g/mol. The summed E-state index contributed by atoms with van der Waals surface area (Å²) in [6.07, 6.45) is 0.768. The second-order valence-corrected chi connectivity index (χ2v) is 5.29. The van der Waals surface area contributed by atoms with Crippen LogP contribution in [0.1, 0.15) is 0 Å². The predicted molar refractivity (Wildman–Crippen MR) is 74.3 cm³/mol. The van der Waals surface area contributed by atoms with Gasteiger partial charge in [-0.15, -0.1) is 0 Å². The van der Waals surface area contributed by atoms with Gasteiger partial charge in [0.25, 0.3) is 0 Å². The van der Waals surface area contributed by atoms with E-state index in [0.29, 0.717) is 58.9 Å². The highest BCUT2D eigenvalue weighted by molar-refractivity contribution is 6.34. The SMILES string of the molecule is O=CN1CCN(C(=O)C(=O)N2CCN(CCO)CC2)CC1. The van der Waals surface area contributed by atoms with Crippen LogP contribution in [0.15, 0.2) is 0 Å². The fraction of sp³-hybridized carbons (Fsp3) is 0.769. The van der Waals surface area contributed by atoms with Gasteiger partial charge in [0.2, 0.25) is 6.41 Å². The Hall–Kier alpha value is -1.67. The van der Waals surface area contributed by atoms with Crippen LogP contribution in [-0.2, 0) is 14.4 Å². The highest BCUT2D eigenvalue weighted by atomic mass is 16.3. The maximum atomic E-state index is 12.2. The number of carbonyl (C=O) groups excluding carboxylic acids is 3. The van der Waals surface area contributed by atoms with Crippen molar-refractivity contribution in [1.29, 1.82) is 0 Å². The lowest BCUT2D eigenvalue weighted by molar-refractivity contribution is -0.154. The minimum absolute atomic E-state index is 0.105. The van der Waals surface area contributed by atoms with Crippen LogP contribution in [-0.4, -0.2) is 108 Å². The quantitative estimate of drug-likeness (QED) is 0.457. The third-order valence-electron chi connectivity index (χ3n) is 4.01. The van der Waals surface area contributed by atoms with Crippen molar-refractivity contribution in [3.63, 3.8) is 0 Å². The van der Waals surface area contributed by atoms with Gasteiger partial charge in [-0.25, -0.2) is 0 Å². The zero-order valence-electron chi connectivity index (χ0n) is 12.1. The first-order valence-corrected chi connectivity index (χ1v) is 7.26. The fourth-order valence-corrected chi connectivity index (χ4v) is 2.62. The molecule has 0 aliphatic carbocycles. The molecule has 0 aromatic heterocycles. The van der Waals surface area contributed by atoms with E-state index in [2.05, 4.69) is 4.90 Å². The van der Waals surface area contributed by atoms with Crippen molar-refractivity contribution in [3.05, 3.63) is 0 Å². The van der Waals surface area contributed by atoms with E-state index in [0.717, 1.165) is 6.41 Å². The van der Waals surface area contributed by atoms with Gasteiger partial charge in [-0.05, 0) is 0 Å². The molecule has 1 N–H and O–H groups in total. The van der Waals surface area contributed by atoms with E-state index in [1.165, 1.54) is 4.90 Å². The minimum Gasteiger partial charge on any atom is -0.395 e. The molecule has 0 aromatic carbocycles. The molecule has 8 heteroatoms. The number of aliphatic hydroxyl groups excluding tert-OH is 1. The Kier molecular flexibility index (Phi) is 5.51. The monoisotopic (exact) mass is 298 g/mol. The van der Waals surface area contributed by atoms with Gasteiger partial charge in [-0.3, -0.25) is 19.3 Å². The molecule has 2 heterocycles. The standard InChI is InChI=1S/C13H22N4O4/c18-10-9-14-1-5-16(6-2-14)12(20)13(21)17-7-3-15(11-19)4-8-17/h11,18H,1-10H2. The first-order valence-electron chi connectivity index (χ1n) is 7.26. The molecule has 3 amide bonds. The van der Waals surface area contributed by atoms with E-state index in [-0.39, 0.29) is 6.61 Å². The molecule has 0 bridgehead atoms. The van der Waals surface area contributed by atoms with E-state index in [1.54, 1.807) is 9.80 Å². The molecule has 118 valence electrons. The van der Waals surface area contributed by atoms with E-state index >= 15 is 0 Å². The number of aliphatic hydroxyl groups is 1. The molecule has 0 radical (unpaired) electrons. The number of hydrogen-bond donors (Lipinski definition) is 1. The Morgan fingerprint density at radius 1 is 0.857 bits per heavy atom. The summed E-state index contributed by atoms with van der Waals surface area (Å²) in [4.78, 5) is 41.8. The van der Waals surface area contributed by atoms with Crippen molar-refractivity contribution in [1.82, 2.24) is 19.6 Å². The van der Waals surface area contributed by atoms with Crippen LogP contribution >= 0.6 is 0 Å². The van der Waals surface area contributed by atoms with Crippen molar-refractivity contribution < 1.29 is 19.5 Å². The molecule has 8 nitrogen and oxygen atoms in total. The van der Waals surface area contributed by atoms with Crippen LogP contribution in [0.25, 0.3) is 0 Å². The van der Waals surface area contributed by atoms with E-state index in [4.69, 9.17) is 5.11 Å². The molecular formula is C13H22N4O4. The number of hydrogen-bond acceptors (Lipinski definition) is 5. The number of piperazine rings is 2. The van der Waals surface area contributed by atoms with Crippen molar-refractivity contribution in [2.75, 3.05) is 65.5 Å². The summed E-state index contributed by atoms with van der Waals surface area (Å²) in [5, 5.41) is 8.88. The van der Waals surface area contributed by atoms with Gasteiger partial charge in [0, 0.05) is 58.9 Å². The Labute approximate surface area is 123 Å². The summed E-state index contributed by atoms with van der Waals surface area (Å²) < 4.78 is 0. The van der Waals surface area contributed by atoms with E-state index in [1.807, 2.05) is 0 Å². The number of rotatable bonds is 3. The molecule has 0 saturated carbocycles. The zero-order chi connectivity index (χ0) is 15.2. The smallest absolute Gasteiger partial charge is 0.312 e. The van der Waals surface area contributed by atoms with Crippen molar-refractivity contribution in [3.8, 4) is 0 Å². The van der Waals surface area contributed by atoms with Crippen molar-refractivity contribution in [2.45, 2.75) is 0 Å². The second-order valence-electron chi connectivity index (χ2n) is 5.29. The van der Waals surface area contributed by atoms with Gasteiger partial charge in [0.15, 0.2) is 0 Å². The third kappa shape index (κ3) is 3.92. The molecule has 0 unspecified atom stereocenters. The number of nitrogens with zero attached hydrogens (tertiary/aromatic N) is 4. The van der Waals surface area contributed by atoms with Gasteiger partial charge >= 0.3 is 11.8 Å². The van der Waals surface area contributed by atoms with Crippen LogP contribution < -0.4 is 0 Å². The first kappa shape index (κ1) is 15.7. The number of carbonyl (C=O) groups is 3. The maximum absolute atomic E-state index is 12.2. The van der Waals surface area contributed by atoms with Gasteiger partial charge in [0.1, 0.15) is 0 Å². The second kappa shape index (κ2) is 7.37. The molecule has 0 atom stereocenters. The first-order chi connectivity index (χ1) is 10.2. The molecule has 21 heavy (non-hydrogen) atoms. The van der Waals surface area contributed by atoms with E-state index < -0.39 is 11.8 Å². The summed E-state index contributed by atoms with van der Waals surface area (Å²) in [6.45, 7) is 4.87. The Balaban J connectivity index is 1.80. The summed E-state index contributed by atoms with van der Waals surface area (Å²) in [6, 6.07) is 0. The van der Waals surface area contributed by atoms with Crippen LogP contribution in [0, 0.1) is 0 Å². The van der Waals surface area contributed by atoms with Crippen molar-refractivity contribution in [2.24, 2.45) is 0 Å². The summed E-state index contributed by atoms with van der Waals surface area (Å²) >= 11 is 0. The Morgan fingerprint density at radius 3 is 1.76 bits per heavy atom. The van der Waals surface area contributed by atoms with Gasteiger partial charge in [-0.2, -0.15) is 0 Å². The zero-order valence-corrected chi connectivity index (χ0v) is 12.1. The number of amides is 3. The lowest BCUT2D eigenvalue weighted by Crippen LogP contribution is -2.56. The summed E-state index contributed by atoms with van der Waals surface area (Å²) in [5.41, 5.74) is 0. The molecule has 0 spiro atoms. The fourth-order valence-electron chi connectivity index (χ4n) is 2.62. The maximum Gasteiger partial charge on any atom is 0.312 e. The van der Waals surface area contributed by atoms with Crippen molar-refractivity contribution >= 4 is 18.2 Å². The topological polar surface area (TPSA) is 84.4 Å². The van der Waals surface area contributed by atoms with E-state index in [9.17, 15) is 14.4 Å². The Bertz CT molecular complexity index is 388.